The van der Waals surface area contributed by atoms with Crippen molar-refractivity contribution in [3.63, 3.8) is 0 Å². The number of benzene rings is 1. The average Bonchev–Trinajstić information content (AvgIpc) is 2.69. The van der Waals surface area contributed by atoms with Gasteiger partial charge in [0.15, 0.2) is 21.3 Å². The highest BCUT2D eigenvalue weighted by Crippen LogP contribution is 2.30. The van der Waals surface area contributed by atoms with Gasteiger partial charge in [-0.1, -0.05) is 6.07 Å². The van der Waals surface area contributed by atoms with E-state index in [-0.39, 0.29) is 17.6 Å². The molecule has 1 atom stereocenters. The van der Waals surface area contributed by atoms with Gasteiger partial charge in [-0.15, -0.1) is 0 Å². The van der Waals surface area contributed by atoms with E-state index in [1.807, 2.05) is 6.07 Å². The van der Waals surface area contributed by atoms with Crippen LogP contribution < -0.4 is 15.2 Å². The maximum absolute atomic E-state index is 11.4. The summed E-state index contributed by atoms with van der Waals surface area (Å²) in [5.74, 6) is 1.43. The predicted octanol–water partition coefficient (Wildman–Crippen LogP) is 0.720. The normalized spacial score (nSPS) is 21.8. The molecule has 100 valence electrons. The number of sulfone groups is 1. The third-order valence-corrected chi connectivity index (χ3v) is 4.69. The zero-order valence-electron chi connectivity index (χ0n) is 10.3. The van der Waals surface area contributed by atoms with Crippen molar-refractivity contribution in [1.82, 2.24) is 0 Å². The highest BCUT2D eigenvalue weighted by Gasteiger charge is 2.29. The SMILES string of the molecule is COc1cc(CN)ccc1OC1CCS(=O)(=O)C1. The van der Waals surface area contributed by atoms with Gasteiger partial charge in [-0.2, -0.15) is 0 Å². The van der Waals surface area contributed by atoms with Crippen LogP contribution in [0.4, 0.5) is 0 Å². The van der Waals surface area contributed by atoms with Crippen molar-refractivity contribution >= 4 is 9.84 Å². The molecule has 0 aromatic heterocycles. The van der Waals surface area contributed by atoms with Crippen LogP contribution in [0.2, 0.25) is 0 Å². The van der Waals surface area contributed by atoms with E-state index in [4.69, 9.17) is 15.2 Å². The summed E-state index contributed by atoms with van der Waals surface area (Å²) >= 11 is 0. The molecule has 1 heterocycles. The number of methoxy groups -OCH3 is 1. The Balaban J connectivity index is 2.14. The smallest absolute Gasteiger partial charge is 0.161 e. The van der Waals surface area contributed by atoms with Crippen molar-refractivity contribution in [3.05, 3.63) is 23.8 Å². The second kappa shape index (κ2) is 5.16. The van der Waals surface area contributed by atoms with Gasteiger partial charge in [0.25, 0.3) is 0 Å². The third kappa shape index (κ3) is 2.94. The third-order valence-electron chi connectivity index (χ3n) is 2.95. The van der Waals surface area contributed by atoms with Crippen LogP contribution in [0.1, 0.15) is 12.0 Å². The van der Waals surface area contributed by atoms with Crippen LogP contribution in [-0.4, -0.2) is 33.1 Å². The molecule has 1 aromatic carbocycles. The Morgan fingerprint density at radius 2 is 2.17 bits per heavy atom. The van der Waals surface area contributed by atoms with Crippen LogP contribution >= 0.6 is 0 Å². The van der Waals surface area contributed by atoms with E-state index in [2.05, 4.69) is 0 Å². The lowest BCUT2D eigenvalue weighted by atomic mass is 10.2. The van der Waals surface area contributed by atoms with Crippen LogP contribution in [0.25, 0.3) is 0 Å². The Morgan fingerprint density at radius 1 is 1.39 bits per heavy atom. The zero-order chi connectivity index (χ0) is 13.2. The minimum atomic E-state index is -2.93. The Labute approximate surface area is 107 Å². The average molecular weight is 271 g/mol. The molecule has 1 aromatic rings. The molecule has 1 fully saturated rings. The highest BCUT2D eigenvalue weighted by atomic mass is 32.2. The molecule has 18 heavy (non-hydrogen) atoms. The fourth-order valence-electron chi connectivity index (χ4n) is 1.97. The molecule has 1 unspecified atom stereocenters. The number of nitrogens with two attached hydrogens (primary N) is 1. The van der Waals surface area contributed by atoms with E-state index in [1.165, 1.54) is 0 Å². The molecule has 5 nitrogen and oxygen atoms in total. The van der Waals surface area contributed by atoms with E-state index < -0.39 is 9.84 Å². The van der Waals surface area contributed by atoms with Crippen molar-refractivity contribution in [2.75, 3.05) is 18.6 Å². The van der Waals surface area contributed by atoms with Crippen LogP contribution in [0, 0.1) is 0 Å². The van der Waals surface area contributed by atoms with Crippen molar-refractivity contribution < 1.29 is 17.9 Å². The standard InChI is InChI=1S/C12H17NO4S/c1-16-12-6-9(7-13)2-3-11(12)17-10-4-5-18(14,15)8-10/h2-3,6,10H,4-5,7-8,13H2,1H3. The van der Waals surface area contributed by atoms with E-state index in [1.54, 1.807) is 19.2 Å². The zero-order valence-corrected chi connectivity index (χ0v) is 11.1. The minimum absolute atomic E-state index is 0.0782. The number of ether oxygens (including phenoxy) is 2. The van der Waals surface area contributed by atoms with E-state index in [0.717, 1.165) is 5.56 Å². The number of hydrogen-bond acceptors (Lipinski definition) is 5. The minimum Gasteiger partial charge on any atom is -0.493 e. The molecule has 0 amide bonds. The Morgan fingerprint density at radius 3 is 2.72 bits per heavy atom. The predicted molar refractivity (Wildman–Crippen MR) is 68.6 cm³/mol. The molecule has 1 saturated heterocycles. The van der Waals surface area contributed by atoms with Crippen LogP contribution in [-0.2, 0) is 16.4 Å². The van der Waals surface area contributed by atoms with Gasteiger partial charge in [-0.3, -0.25) is 0 Å². The lowest BCUT2D eigenvalue weighted by Gasteiger charge is -2.15. The highest BCUT2D eigenvalue weighted by molar-refractivity contribution is 7.91. The first-order chi connectivity index (χ1) is 8.54. The lowest BCUT2D eigenvalue weighted by Crippen LogP contribution is -2.18. The van der Waals surface area contributed by atoms with Gasteiger partial charge in [0, 0.05) is 6.54 Å². The topological polar surface area (TPSA) is 78.6 Å². The molecule has 0 radical (unpaired) electrons. The summed E-state index contributed by atoms with van der Waals surface area (Å²) in [5.41, 5.74) is 6.49. The summed E-state index contributed by atoms with van der Waals surface area (Å²) < 4.78 is 33.6. The maximum atomic E-state index is 11.4. The Hall–Kier alpha value is -1.27. The van der Waals surface area contributed by atoms with Gasteiger partial charge < -0.3 is 15.2 Å². The first-order valence-electron chi connectivity index (χ1n) is 5.78. The van der Waals surface area contributed by atoms with E-state index >= 15 is 0 Å². The maximum Gasteiger partial charge on any atom is 0.161 e. The fraction of sp³-hybridized carbons (Fsp3) is 0.500. The summed E-state index contributed by atoms with van der Waals surface area (Å²) in [6.07, 6.45) is 0.247. The molecule has 2 N–H and O–H groups in total. The summed E-state index contributed by atoms with van der Waals surface area (Å²) in [7, 11) is -1.38. The van der Waals surface area contributed by atoms with Crippen molar-refractivity contribution in [1.29, 1.82) is 0 Å². The molecule has 0 aliphatic carbocycles. The number of rotatable bonds is 4. The monoisotopic (exact) mass is 271 g/mol. The summed E-state index contributed by atoms with van der Waals surface area (Å²) in [6, 6.07) is 5.42. The van der Waals surface area contributed by atoms with Gasteiger partial charge in [0.05, 0.1) is 18.6 Å². The van der Waals surface area contributed by atoms with Crippen molar-refractivity contribution in [2.24, 2.45) is 5.73 Å². The van der Waals surface area contributed by atoms with E-state index in [0.29, 0.717) is 24.5 Å². The lowest BCUT2D eigenvalue weighted by molar-refractivity contribution is 0.218. The molecule has 1 aliphatic rings. The summed E-state index contributed by atoms with van der Waals surface area (Å²) in [5, 5.41) is 0. The first-order valence-corrected chi connectivity index (χ1v) is 7.60. The van der Waals surface area contributed by atoms with Gasteiger partial charge in [0.2, 0.25) is 0 Å². The van der Waals surface area contributed by atoms with Gasteiger partial charge in [0.1, 0.15) is 6.10 Å². The molecular weight excluding hydrogens is 254 g/mol. The van der Waals surface area contributed by atoms with Crippen LogP contribution in [0.3, 0.4) is 0 Å². The Kier molecular flexibility index (Phi) is 3.77. The van der Waals surface area contributed by atoms with Crippen molar-refractivity contribution in [3.8, 4) is 11.5 Å². The fourth-order valence-corrected chi connectivity index (χ4v) is 3.56. The summed E-state index contributed by atoms with van der Waals surface area (Å²) in [4.78, 5) is 0. The first kappa shape index (κ1) is 13.2. The van der Waals surface area contributed by atoms with E-state index in [9.17, 15) is 8.42 Å². The molecule has 2 rings (SSSR count). The molecule has 0 bridgehead atoms. The molecule has 6 heteroatoms. The molecule has 0 spiro atoms. The molecule has 1 aliphatic heterocycles. The second-order valence-corrected chi connectivity index (χ2v) is 6.56. The molecule has 0 saturated carbocycles. The summed E-state index contributed by atoms with van der Waals surface area (Å²) in [6.45, 7) is 0.425. The second-order valence-electron chi connectivity index (χ2n) is 4.33. The molecular formula is C12H17NO4S. The van der Waals surface area contributed by atoms with Gasteiger partial charge in [-0.05, 0) is 24.1 Å². The number of hydrogen-bond donors (Lipinski definition) is 1. The quantitative estimate of drug-likeness (QED) is 0.873. The largest absolute Gasteiger partial charge is 0.493 e. The van der Waals surface area contributed by atoms with Gasteiger partial charge in [-0.25, -0.2) is 8.42 Å². The Bertz CT molecular complexity index is 527. The van der Waals surface area contributed by atoms with Crippen LogP contribution in [0.5, 0.6) is 11.5 Å². The van der Waals surface area contributed by atoms with Crippen LogP contribution in [0.15, 0.2) is 18.2 Å². The van der Waals surface area contributed by atoms with Crippen molar-refractivity contribution in [2.45, 2.75) is 19.1 Å². The van der Waals surface area contributed by atoms with Gasteiger partial charge >= 0.3 is 0 Å².